The molecule has 2 aromatic rings. The second-order valence-corrected chi connectivity index (χ2v) is 5.95. The molecule has 0 spiro atoms. The van der Waals surface area contributed by atoms with Gasteiger partial charge in [-0.25, -0.2) is 4.79 Å². The van der Waals surface area contributed by atoms with E-state index in [1.54, 1.807) is 55.5 Å². The number of carbonyl (C=O) groups excluding carboxylic acids is 2. The van der Waals surface area contributed by atoms with Gasteiger partial charge in [0.05, 0.1) is 23.8 Å². The van der Waals surface area contributed by atoms with Crippen LogP contribution in [0, 0.1) is 11.3 Å². The van der Waals surface area contributed by atoms with Gasteiger partial charge in [-0.2, -0.15) is 5.26 Å². The van der Waals surface area contributed by atoms with Crippen molar-refractivity contribution in [2.45, 2.75) is 32.8 Å². The zero-order chi connectivity index (χ0) is 19.6. The Morgan fingerprint density at radius 2 is 1.78 bits per heavy atom. The molecule has 6 heteroatoms. The van der Waals surface area contributed by atoms with E-state index in [-0.39, 0.29) is 11.9 Å². The lowest BCUT2D eigenvalue weighted by molar-refractivity contribution is -0.122. The van der Waals surface area contributed by atoms with Crippen molar-refractivity contribution < 1.29 is 19.1 Å². The van der Waals surface area contributed by atoms with Gasteiger partial charge in [-0.3, -0.25) is 4.79 Å². The molecule has 6 nitrogen and oxygen atoms in total. The molecule has 140 valence electrons. The Labute approximate surface area is 158 Å². The molecule has 0 aromatic heterocycles. The largest absolute Gasteiger partial charge is 0.481 e. The molecule has 1 atom stereocenters. The van der Waals surface area contributed by atoms with Gasteiger partial charge in [0.2, 0.25) is 0 Å². The average Bonchev–Trinajstić information content (AvgIpc) is 2.69. The molecular weight excluding hydrogens is 344 g/mol. The number of ether oxygens (including phenoxy) is 2. The van der Waals surface area contributed by atoms with Gasteiger partial charge in [0.1, 0.15) is 5.75 Å². The summed E-state index contributed by atoms with van der Waals surface area (Å²) >= 11 is 0. The van der Waals surface area contributed by atoms with E-state index < -0.39 is 6.10 Å². The van der Waals surface area contributed by atoms with E-state index in [4.69, 9.17) is 14.7 Å². The summed E-state index contributed by atoms with van der Waals surface area (Å²) in [7, 11) is 0. The Kier molecular flexibility index (Phi) is 7.38. The summed E-state index contributed by atoms with van der Waals surface area (Å²) < 4.78 is 10.7. The van der Waals surface area contributed by atoms with Crippen LogP contribution in [0.1, 0.15) is 42.6 Å². The second-order valence-electron chi connectivity index (χ2n) is 5.95. The first-order valence-corrected chi connectivity index (χ1v) is 8.78. The van der Waals surface area contributed by atoms with E-state index in [1.807, 2.05) is 13.0 Å². The topological polar surface area (TPSA) is 88.4 Å². The quantitative estimate of drug-likeness (QED) is 0.565. The molecule has 0 heterocycles. The van der Waals surface area contributed by atoms with Gasteiger partial charge in [-0.05, 0) is 61.9 Å². The first-order valence-electron chi connectivity index (χ1n) is 8.78. The van der Waals surface area contributed by atoms with E-state index in [0.717, 1.165) is 12.8 Å². The molecule has 1 amide bonds. The number of amides is 1. The van der Waals surface area contributed by atoms with Crippen molar-refractivity contribution in [3.8, 4) is 11.8 Å². The number of hydrogen-bond acceptors (Lipinski definition) is 5. The number of nitriles is 1. The van der Waals surface area contributed by atoms with Gasteiger partial charge in [-0.1, -0.05) is 13.3 Å². The van der Waals surface area contributed by atoms with Crippen LogP contribution in [0.4, 0.5) is 5.69 Å². The van der Waals surface area contributed by atoms with E-state index in [0.29, 0.717) is 29.2 Å². The smallest absolute Gasteiger partial charge is 0.338 e. The number of esters is 1. The molecule has 2 rings (SSSR count). The van der Waals surface area contributed by atoms with Crippen LogP contribution in [-0.4, -0.2) is 24.6 Å². The highest BCUT2D eigenvalue weighted by Crippen LogP contribution is 2.15. The molecule has 27 heavy (non-hydrogen) atoms. The predicted molar refractivity (Wildman–Crippen MR) is 102 cm³/mol. The summed E-state index contributed by atoms with van der Waals surface area (Å²) in [6, 6.07) is 15.0. The third kappa shape index (κ3) is 6.15. The summed E-state index contributed by atoms with van der Waals surface area (Å²) in [5.74, 6) is -0.196. The lowest BCUT2D eigenvalue weighted by atomic mass is 10.2. The van der Waals surface area contributed by atoms with Crippen LogP contribution in [-0.2, 0) is 9.53 Å². The van der Waals surface area contributed by atoms with Crippen LogP contribution < -0.4 is 10.1 Å². The van der Waals surface area contributed by atoms with Gasteiger partial charge in [0.25, 0.3) is 5.91 Å². The fourth-order valence-electron chi connectivity index (χ4n) is 2.19. The number of benzene rings is 2. The zero-order valence-electron chi connectivity index (χ0n) is 15.4. The van der Waals surface area contributed by atoms with Crippen molar-refractivity contribution in [1.29, 1.82) is 5.26 Å². The Balaban J connectivity index is 1.88. The number of nitrogens with one attached hydrogen (secondary N) is 1. The summed E-state index contributed by atoms with van der Waals surface area (Å²) in [6.45, 7) is 4.06. The van der Waals surface area contributed by atoms with Crippen LogP contribution in [0.3, 0.4) is 0 Å². The van der Waals surface area contributed by atoms with Crippen LogP contribution in [0.15, 0.2) is 48.5 Å². The van der Waals surface area contributed by atoms with E-state index in [1.165, 1.54) is 0 Å². The monoisotopic (exact) mass is 366 g/mol. The summed E-state index contributed by atoms with van der Waals surface area (Å²) in [5.41, 5.74) is 1.51. The summed E-state index contributed by atoms with van der Waals surface area (Å²) in [5, 5.41) is 11.5. The first-order chi connectivity index (χ1) is 13.0. The molecule has 0 saturated heterocycles. The van der Waals surface area contributed by atoms with E-state index >= 15 is 0 Å². The number of carbonyl (C=O) groups is 2. The Bertz CT molecular complexity index is 808. The van der Waals surface area contributed by atoms with Crippen molar-refractivity contribution in [2.75, 3.05) is 11.9 Å². The Morgan fingerprint density at radius 1 is 1.11 bits per heavy atom. The van der Waals surface area contributed by atoms with Gasteiger partial charge in [-0.15, -0.1) is 0 Å². The molecule has 1 unspecified atom stereocenters. The van der Waals surface area contributed by atoms with Gasteiger partial charge in [0.15, 0.2) is 6.10 Å². The average molecular weight is 366 g/mol. The lowest BCUT2D eigenvalue weighted by Crippen LogP contribution is -2.30. The fraction of sp³-hybridized carbons (Fsp3) is 0.286. The maximum Gasteiger partial charge on any atom is 0.338 e. The lowest BCUT2D eigenvalue weighted by Gasteiger charge is -2.15. The Hall–Kier alpha value is -3.33. The molecule has 0 aliphatic rings. The molecule has 0 bridgehead atoms. The predicted octanol–water partition coefficient (Wildman–Crippen LogP) is 3.92. The van der Waals surface area contributed by atoms with Crippen molar-refractivity contribution in [3.05, 3.63) is 59.7 Å². The number of rotatable bonds is 8. The van der Waals surface area contributed by atoms with E-state index in [2.05, 4.69) is 5.32 Å². The third-order valence-corrected chi connectivity index (χ3v) is 3.78. The minimum atomic E-state index is -0.725. The first kappa shape index (κ1) is 20.0. The number of hydrogen-bond donors (Lipinski definition) is 1. The highest BCUT2D eigenvalue weighted by atomic mass is 16.5. The molecule has 0 aliphatic heterocycles. The second kappa shape index (κ2) is 9.97. The number of unbranched alkanes of at least 4 members (excludes halogenated alkanes) is 1. The molecule has 1 N–H and O–H groups in total. The Morgan fingerprint density at radius 3 is 2.37 bits per heavy atom. The minimum Gasteiger partial charge on any atom is -0.481 e. The molecule has 2 aromatic carbocycles. The van der Waals surface area contributed by atoms with Crippen LogP contribution in [0.25, 0.3) is 0 Å². The maximum absolute atomic E-state index is 12.3. The van der Waals surface area contributed by atoms with E-state index in [9.17, 15) is 9.59 Å². The fourth-order valence-corrected chi connectivity index (χ4v) is 2.19. The van der Waals surface area contributed by atoms with Crippen molar-refractivity contribution >= 4 is 17.6 Å². The number of nitrogens with zero attached hydrogens (tertiary/aromatic N) is 1. The summed E-state index contributed by atoms with van der Waals surface area (Å²) in [6.07, 6.45) is 1.06. The molecular formula is C21H22N2O4. The highest BCUT2D eigenvalue weighted by molar-refractivity contribution is 5.95. The standard InChI is InChI=1S/C21H22N2O4/c1-3-4-13-26-21(25)17-7-9-18(10-8-17)23-20(24)15(2)27-19-11-5-16(14-22)6-12-19/h5-12,15H,3-4,13H2,1-2H3,(H,23,24). The zero-order valence-corrected chi connectivity index (χ0v) is 15.4. The minimum absolute atomic E-state index is 0.322. The van der Waals surface area contributed by atoms with Crippen LogP contribution in [0.2, 0.25) is 0 Å². The molecule has 0 aliphatic carbocycles. The van der Waals surface area contributed by atoms with Gasteiger partial charge in [0, 0.05) is 5.69 Å². The SMILES string of the molecule is CCCCOC(=O)c1ccc(NC(=O)C(C)Oc2ccc(C#N)cc2)cc1. The van der Waals surface area contributed by atoms with Crippen LogP contribution in [0.5, 0.6) is 5.75 Å². The van der Waals surface area contributed by atoms with Crippen molar-refractivity contribution in [3.63, 3.8) is 0 Å². The molecule has 0 saturated carbocycles. The molecule has 0 fully saturated rings. The number of anilines is 1. The molecule has 0 radical (unpaired) electrons. The third-order valence-electron chi connectivity index (χ3n) is 3.78. The van der Waals surface area contributed by atoms with Gasteiger partial charge >= 0.3 is 5.97 Å². The highest BCUT2D eigenvalue weighted by Gasteiger charge is 2.15. The maximum atomic E-state index is 12.3. The normalized spacial score (nSPS) is 11.1. The van der Waals surface area contributed by atoms with Crippen molar-refractivity contribution in [2.24, 2.45) is 0 Å². The van der Waals surface area contributed by atoms with Crippen LogP contribution >= 0.6 is 0 Å². The van der Waals surface area contributed by atoms with Crippen molar-refractivity contribution in [1.82, 2.24) is 0 Å². The summed E-state index contributed by atoms with van der Waals surface area (Å²) in [4.78, 5) is 24.1. The van der Waals surface area contributed by atoms with Gasteiger partial charge < -0.3 is 14.8 Å².